The van der Waals surface area contributed by atoms with Crippen molar-refractivity contribution in [2.45, 2.75) is 140 Å². The number of hydrogen-bond donors (Lipinski definition) is 4. The van der Waals surface area contributed by atoms with E-state index in [1.165, 1.54) is 0 Å². The summed E-state index contributed by atoms with van der Waals surface area (Å²) in [5.41, 5.74) is 16.7. The molecule has 6 aromatic heterocycles. The van der Waals surface area contributed by atoms with Crippen molar-refractivity contribution >= 4 is 44.1 Å². The van der Waals surface area contributed by atoms with E-state index in [-0.39, 0.29) is 29.7 Å². The van der Waals surface area contributed by atoms with Crippen LogP contribution in [0.25, 0.3) is 89.3 Å². The number of hydrogen-bond acceptors (Lipinski definition) is 6. The number of aryl methyl sites for hydroxylation is 4. The van der Waals surface area contributed by atoms with Gasteiger partial charge in [0.2, 0.25) is 0 Å². The van der Waals surface area contributed by atoms with Gasteiger partial charge in [-0.2, -0.15) is 0 Å². The van der Waals surface area contributed by atoms with Crippen LogP contribution >= 0.6 is 0 Å². The SMILES string of the molecule is C.C.C.C.CC.CC.CC.CC.CC.CC.Cc1ccc(-c2nc3ccc(-c4ccc5nc(C)[nH]c5c4)cc3[nH]2)nc1.Cc1cncc(-c2nc3ccc(-c4ccc5nc(C)[nH]c5c4)cc3[nH]2)c1. The Morgan fingerprint density at radius 1 is 0.324 bits per heavy atom. The van der Waals surface area contributed by atoms with Crippen LogP contribution in [0.2, 0.25) is 0 Å². The number of nitrogens with one attached hydrogen (secondary N) is 4. The van der Waals surface area contributed by atoms with E-state index in [9.17, 15) is 0 Å². The first kappa shape index (κ1) is 63.1. The van der Waals surface area contributed by atoms with Gasteiger partial charge in [-0.3, -0.25) is 9.97 Å². The van der Waals surface area contributed by atoms with Crippen molar-refractivity contribution in [2.24, 2.45) is 0 Å². The first-order valence-corrected chi connectivity index (χ1v) is 23.1. The van der Waals surface area contributed by atoms with Gasteiger partial charge in [-0.15, -0.1) is 0 Å². The van der Waals surface area contributed by atoms with E-state index in [4.69, 9.17) is 4.98 Å². The third-order valence-corrected chi connectivity index (χ3v) is 9.13. The van der Waals surface area contributed by atoms with Gasteiger partial charge in [-0.05, 0) is 122 Å². The first-order valence-electron chi connectivity index (χ1n) is 23.1. The number of pyridine rings is 2. The number of nitrogens with zero attached hydrogens (tertiary/aromatic N) is 6. The van der Waals surface area contributed by atoms with Crippen molar-refractivity contribution < 1.29 is 0 Å². The van der Waals surface area contributed by atoms with Crippen LogP contribution in [0.1, 0.15) is 136 Å². The third-order valence-electron chi connectivity index (χ3n) is 9.13. The minimum atomic E-state index is 0. The molecule has 0 aliphatic heterocycles. The predicted molar refractivity (Wildman–Crippen MR) is 303 cm³/mol. The number of benzene rings is 4. The quantitative estimate of drug-likeness (QED) is 0.139. The monoisotopic (exact) mass is 923 g/mol. The van der Waals surface area contributed by atoms with Gasteiger partial charge in [0.15, 0.2) is 5.82 Å². The summed E-state index contributed by atoms with van der Waals surface area (Å²) in [5.74, 6) is 3.48. The molecule has 0 saturated carbocycles. The lowest BCUT2D eigenvalue weighted by Crippen LogP contribution is -1.85. The van der Waals surface area contributed by atoms with Crippen LogP contribution in [0.4, 0.5) is 0 Å². The second kappa shape index (κ2) is 31.9. The van der Waals surface area contributed by atoms with Crippen LogP contribution in [0.15, 0.2) is 110 Å². The summed E-state index contributed by atoms with van der Waals surface area (Å²) in [6, 6.07) is 31.3. The maximum Gasteiger partial charge on any atom is 0.157 e. The molecular weight excluding hydrogens is 837 g/mol. The molecule has 4 N–H and O–H groups in total. The van der Waals surface area contributed by atoms with Crippen LogP contribution < -0.4 is 0 Å². The fourth-order valence-corrected chi connectivity index (χ4v) is 6.56. The molecule has 10 rings (SSSR count). The average molecular weight is 923 g/mol. The number of imidazole rings is 4. The zero-order valence-electron chi connectivity index (χ0n) is 41.1. The minimum Gasteiger partial charge on any atom is -0.342 e. The Balaban J connectivity index is 0. The lowest BCUT2D eigenvalue weighted by Gasteiger charge is -2.01. The summed E-state index contributed by atoms with van der Waals surface area (Å²) >= 11 is 0. The van der Waals surface area contributed by atoms with E-state index in [0.29, 0.717) is 0 Å². The Labute approximate surface area is 410 Å². The summed E-state index contributed by atoms with van der Waals surface area (Å²) in [6.45, 7) is 32.0. The molecule has 0 saturated heterocycles. The molecule has 0 unspecified atom stereocenters. The van der Waals surface area contributed by atoms with Crippen molar-refractivity contribution in [2.75, 3.05) is 0 Å². The average Bonchev–Trinajstić information content (AvgIpc) is 4.16. The van der Waals surface area contributed by atoms with Crippen LogP contribution in [-0.2, 0) is 0 Å². The van der Waals surface area contributed by atoms with Crippen molar-refractivity contribution in [3.05, 3.63) is 132 Å². The topological polar surface area (TPSA) is 140 Å². The van der Waals surface area contributed by atoms with E-state index in [2.05, 4.69) is 112 Å². The molecule has 10 aromatic rings. The maximum atomic E-state index is 4.70. The molecule has 68 heavy (non-hydrogen) atoms. The lowest BCUT2D eigenvalue weighted by molar-refractivity contribution is 1.17. The Kier molecular flexibility index (Phi) is 29.6. The van der Waals surface area contributed by atoms with Crippen molar-refractivity contribution in [3.63, 3.8) is 0 Å². The highest BCUT2D eigenvalue weighted by Crippen LogP contribution is 2.29. The van der Waals surface area contributed by atoms with Gasteiger partial charge < -0.3 is 19.9 Å². The molecule has 368 valence electrons. The van der Waals surface area contributed by atoms with Gasteiger partial charge in [0.25, 0.3) is 0 Å². The van der Waals surface area contributed by atoms with E-state index in [1.54, 1.807) is 0 Å². The smallest absolute Gasteiger partial charge is 0.157 e. The first-order chi connectivity index (χ1) is 31.3. The normalized spacial score (nSPS) is 9.29. The molecule has 0 amide bonds. The molecule has 10 nitrogen and oxygen atoms in total. The number of aromatic amines is 4. The summed E-state index contributed by atoms with van der Waals surface area (Å²) in [6.07, 6.45) is 5.53. The molecule has 0 aliphatic carbocycles. The number of fused-ring (bicyclic) bond motifs is 4. The molecule has 0 bridgehead atoms. The highest BCUT2D eigenvalue weighted by Gasteiger charge is 2.11. The second-order valence-corrected chi connectivity index (χ2v) is 13.2. The minimum absolute atomic E-state index is 0. The predicted octanol–water partition coefficient (Wildman–Crippen LogP) is 18.3. The van der Waals surface area contributed by atoms with Gasteiger partial charge >= 0.3 is 0 Å². The summed E-state index contributed by atoms with van der Waals surface area (Å²) < 4.78 is 0. The number of aromatic nitrogens is 10. The molecule has 0 aliphatic rings. The van der Waals surface area contributed by atoms with Crippen molar-refractivity contribution in [1.82, 2.24) is 49.8 Å². The van der Waals surface area contributed by atoms with Crippen LogP contribution in [-0.4, -0.2) is 49.8 Å². The fraction of sp³-hybridized carbons (Fsp3) is 0.345. The third kappa shape index (κ3) is 15.6. The zero-order valence-corrected chi connectivity index (χ0v) is 41.1. The van der Waals surface area contributed by atoms with Crippen molar-refractivity contribution in [1.29, 1.82) is 0 Å². The Hall–Kier alpha value is -6.94. The Morgan fingerprint density at radius 3 is 1.07 bits per heavy atom. The van der Waals surface area contributed by atoms with Gasteiger partial charge in [0, 0.05) is 24.2 Å². The number of rotatable bonds is 4. The Bertz CT molecular complexity index is 2910. The largest absolute Gasteiger partial charge is 0.342 e. The zero-order chi connectivity index (χ0) is 47.3. The number of H-pyrrole nitrogens is 4. The standard InChI is InChI=1S/2C21H17N5.6C2H6.4CH4/c1-12-3-6-18(22-11-12)21-25-17-8-5-15(10-20(17)26-21)14-4-7-16-19(9-14)24-13(2)23-16;1-12-7-16(11-22-10-12)21-25-18-6-4-15(9-20(18)26-21)14-3-5-17-19(8-14)24-13(2)23-17;6*1-2;;;;/h2*3-11H,1-2H3,(H,23,24)(H,25,26);6*1-2H3;4*1H4. The van der Waals surface area contributed by atoms with Crippen LogP contribution in [0, 0.1) is 27.7 Å². The van der Waals surface area contributed by atoms with Gasteiger partial charge in [0.1, 0.15) is 23.2 Å². The van der Waals surface area contributed by atoms with Gasteiger partial charge in [0.05, 0.1) is 44.1 Å². The van der Waals surface area contributed by atoms with E-state index in [0.717, 1.165) is 112 Å². The van der Waals surface area contributed by atoms with Crippen molar-refractivity contribution in [3.8, 4) is 45.2 Å². The van der Waals surface area contributed by atoms with Crippen LogP contribution in [0.3, 0.4) is 0 Å². The fourth-order valence-electron chi connectivity index (χ4n) is 6.56. The molecule has 4 aromatic carbocycles. The Morgan fingerprint density at radius 2 is 0.691 bits per heavy atom. The summed E-state index contributed by atoms with van der Waals surface area (Å²) in [4.78, 5) is 40.4. The molecule has 6 heterocycles. The van der Waals surface area contributed by atoms with Gasteiger partial charge in [-0.1, -0.05) is 143 Å². The highest BCUT2D eigenvalue weighted by molar-refractivity contribution is 5.89. The molecule has 0 radical (unpaired) electrons. The molecule has 0 atom stereocenters. The van der Waals surface area contributed by atoms with E-state index in [1.807, 2.05) is 154 Å². The molecule has 0 fully saturated rings. The van der Waals surface area contributed by atoms with E-state index >= 15 is 0 Å². The van der Waals surface area contributed by atoms with Crippen LogP contribution in [0.5, 0.6) is 0 Å². The highest BCUT2D eigenvalue weighted by atomic mass is 15.0. The van der Waals surface area contributed by atoms with Gasteiger partial charge in [-0.25, -0.2) is 19.9 Å². The molecule has 10 heteroatoms. The maximum absolute atomic E-state index is 4.70. The lowest BCUT2D eigenvalue weighted by atomic mass is 10.0. The molecule has 0 spiro atoms. The summed E-state index contributed by atoms with van der Waals surface area (Å²) in [5, 5.41) is 0. The summed E-state index contributed by atoms with van der Waals surface area (Å²) in [7, 11) is 0. The van der Waals surface area contributed by atoms with E-state index < -0.39 is 0 Å². The second-order valence-electron chi connectivity index (χ2n) is 13.2. The molecular formula is C58H86N10.